The number of benzene rings is 10. The van der Waals surface area contributed by atoms with Gasteiger partial charge in [-0.05, 0) is 147 Å². The van der Waals surface area contributed by atoms with Gasteiger partial charge in [-0.1, -0.05) is 66.7 Å². The summed E-state index contributed by atoms with van der Waals surface area (Å²) < 4.78 is 20.6. The summed E-state index contributed by atoms with van der Waals surface area (Å²) >= 11 is 0. The highest BCUT2D eigenvalue weighted by atomic mass is 16.5. The van der Waals surface area contributed by atoms with Gasteiger partial charge in [0.1, 0.15) is 104 Å². The normalized spacial score (nSPS) is 18.4. The van der Waals surface area contributed by atoms with Crippen LogP contribution in [0.1, 0.15) is 103 Å². The molecule has 0 spiro atoms. The van der Waals surface area contributed by atoms with Crippen LogP contribution in [0.3, 0.4) is 0 Å². The van der Waals surface area contributed by atoms with E-state index in [1.54, 1.807) is 84.9 Å². The van der Waals surface area contributed by atoms with Crippen LogP contribution in [0.4, 0.5) is 0 Å². The lowest BCUT2D eigenvalue weighted by Crippen LogP contribution is -2.16. The number of hydrogen-bond acceptors (Lipinski definition) is 15. The molecule has 0 bridgehead atoms. The lowest BCUT2D eigenvalue weighted by atomic mass is 9.72. The van der Waals surface area contributed by atoms with E-state index < -0.39 is 35.9 Å². The van der Waals surface area contributed by atoms with E-state index in [1.807, 2.05) is 12.2 Å². The highest BCUT2D eigenvalue weighted by molar-refractivity contribution is 6.08. The number of furan rings is 1. The highest BCUT2D eigenvalue weighted by Gasteiger charge is 2.49. The first-order valence-corrected chi connectivity index (χ1v) is 27.1. The largest absolute Gasteiger partial charge is 0.508 e. The van der Waals surface area contributed by atoms with E-state index in [0.717, 1.165) is 0 Å². The molecule has 85 heavy (non-hydrogen) atoms. The van der Waals surface area contributed by atoms with Gasteiger partial charge in [0.25, 0.3) is 0 Å². The number of aromatic hydroxyl groups is 12. The quantitative estimate of drug-likeness (QED) is 0.0599. The number of phenols is 12. The Balaban J connectivity index is 1.03. The Morgan fingerprint density at radius 1 is 0.318 bits per heavy atom. The van der Waals surface area contributed by atoms with Gasteiger partial charge in [-0.2, -0.15) is 0 Å². The topological polar surface area (TPSA) is 274 Å². The fraction of sp³-hybridized carbons (Fsp3) is 0.0857. The first kappa shape index (κ1) is 51.8. The molecule has 1 aromatic heterocycles. The van der Waals surface area contributed by atoms with Crippen molar-refractivity contribution in [3.05, 3.63) is 249 Å². The maximum atomic E-state index is 12.5. The van der Waals surface area contributed by atoms with E-state index >= 15 is 0 Å². The van der Waals surface area contributed by atoms with E-state index in [-0.39, 0.29) is 74.8 Å². The summed E-state index contributed by atoms with van der Waals surface area (Å²) in [6.45, 7) is 0. The van der Waals surface area contributed by atoms with Crippen LogP contribution in [0, 0.1) is 0 Å². The molecule has 12 N–H and O–H groups in total. The number of fused-ring (bicyclic) bond motifs is 4. The summed E-state index contributed by atoms with van der Waals surface area (Å²) in [6, 6.07) is 47.0. The summed E-state index contributed by atoms with van der Waals surface area (Å²) in [5.74, 6) is -4.19. The molecule has 0 fully saturated rings. The van der Waals surface area contributed by atoms with E-state index in [0.29, 0.717) is 106 Å². The molecule has 1 aliphatic carbocycles. The van der Waals surface area contributed by atoms with Gasteiger partial charge < -0.3 is 75.2 Å². The van der Waals surface area contributed by atoms with Gasteiger partial charge in [0, 0.05) is 80.9 Å². The zero-order valence-corrected chi connectivity index (χ0v) is 44.5. The first-order valence-electron chi connectivity index (χ1n) is 27.1. The van der Waals surface area contributed by atoms with Crippen molar-refractivity contribution in [2.75, 3.05) is 0 Å². The average molecular weight is 1130 g/mol. The van der Waals surface area contributed by atoms with Crippen LogP contribution in [-0.4, -0.2) is 61.3 Å². The Morgan fingerprint density at radius 2 is 0.824 bits per heavy atom. The minimum Gasteiger partial charge on any atom is -0.508 e. The van der Waals surface area contributed by atoms with Crippen LogP contribution in [0.2, 0.25) is 0 Å². The first-order chi connectivity index (χ1) is 41.0. The van der Waals surface area contributed by atoms with Crippen LogP contribution in [-0.2, 0) is 0 Å². The van der Waals surface area contributed by atoms with Crippen molar-refractivity contribution in [3.8, 4) is 103 Å². The van der Waals surface area contributed by atoms with Crippen molar-refractivity contribution in [3.63, 3.8) is 0 Å². The van der Waals surface area contributed by atoms with Gasteiger partial charge in [-0.3, -0.25) is 0 Å². The Hall–Kier alpha value is -11.3. The number of rotatable bonds is 9. The molecule has 11 aromatic rings. The van der Waals surface area contributed by atoms with Gasteiger partial charge in [0.2, 0.25) is 0 Å². The van der Waals surface area contributed by atoms with E-state index in [1.165, 1.54) is 97.1 Å². The smallest absolute Gasteiger partial charge is 0.143 e. The highest BCUT2D eigenvalue weighted by Crippen LogP contribution is 2.63. The number of hydrogen-bond donors (Lipinski definition) is 12. The summed E-state index contributed by atoms with van der Waals surface area (Å²) in [5, 5.41) is 134. The number of ether oxygens (including phenoxy) is 2. The molecule has 0 radical (unpaired) electrons. The van der Waals surface area contributed by atoms with Crippen molar-refractivity contribution in [2.45, 2.75) is 35.9 Å². The molecule has 0 saturated heterocycles. The third-order valence-corrected chi connectivity index (χ3v) is 16.5. The van der Waals surface area contributed by atoms with Gasteiger partial charge in [-0.25, -0.2) is 0 Å². The molecule has 15 nitrogen and oxygen atoms in total. The van der Waals surface area contributed by atoms with Gasteiger partial charge >= 0.3 is 0 Å². The predicted octanol–water partition coefficient (Wildman–Crippen LogP) is 14.2. The number of phenolic OH excluding ortho intramolecular Hbond substituents is 12. The lowest BCUT2D eigenvalue weighted by molar-refractivity contribution is 0.221. The predicted molar refractivity (Wildman–Crippen MR) is 315 cm³/mol. The summed E-state index contributed by atoms with van der Waals surface area (Å²) in [5.41, 5.74) is 7.96. The average Bonchev–Trinajstić information content (AvgIpc) is 1.78. The summed E-state index contributed by atoms with van der Waals surface area (Å²) in [7, 11) is 0. The van der Waals surface area contributed by atoms with Crippen LogP contribution in [0.15, 0.2) is 186 Å². The fourth-order valence-corrected chi connectivity index (χ4v) is 13.1. The summed E-state index contributed by atoms with van der Waals surface area (Å²) in [4.78, 5) is 0. The van der Waals surface area contributed by atoms with Crippen LogP contribution >= 0.6 is 0 Å². The third kappa shape index (κ3) is 8.84. The SMILES string of the molecule is Oc1ccc(-c2c(-c3cc(O)cc(O)c3)oc3cc4c(c(/C=C/c5ccc(O)c([C@H]6c7cc(O)cc8c7[C@H](c7cc(O)cc(O)c7[C@@H]6c6ccc(O)cc6)[C@@H](c6ccc(O)cc6)O8)c5)c23)[C@H](c2cc(O)cc(O)c2)[C@@H](c2ccc(O)cc2)O4)cc1. The van der Waals surface area contributed by atoms with Crippen LogP contribution in [0.5, 0.6) is 80.5 Å². The van der Waals surface area contributed by atoms with Crippen molar-refractivity contribution in [1.82, 2.24) is 0 Å². The molecule has 3 aliphatic rings. The maximum absolute atomic E-state index is 12.5. The van der Waals surface area contributed by atoms with Crippen molar-refractivity contribution >= 4 is 23.1 Å². The zero-order valence-electron chi connectivity index (χ0n) is 44.5. The Morgan fingerprint density at radius 3 is 1.42 bits per heavy atom. The second-order valence-electron chi connectivity index (χ2n) is 21.8. The minimum atomic E-state index is -0.952. The Labute approximate surface area is 483 Å². The van der Waals surface area contributed by atoms with E-state index in [4.69, 9.17) is 13.9 Å². The van der Waals surface area contributed by atoms with Crippen molar-refractivity contribution < 1.29 is 75.2 Å². The Kier molecular flexibility index (Phi) is 12.0. The molecule has 0 saturated carbocycles. The molecule has 14 rings (SSSR count). The minimum absolute atomic E-state index is 0.0137. The third-order valence-electron chi connectivity index (χ3n) is 16.5. The van der Waals surface area contributed by atoms with Crippen LogP contribution < -0.4 is 9.47 Å². The van der Waals surface area contributed by atoms with Crippen molar-refractivity contribution in [1.29, 1.82) is 0 Å². The molecule has 15 heteroatoms. The van der Waals surface area contributed by atoms with Crippen LogP contribution in [0.25, 0.3) is 45.6 Å². The molecular weight excluding hydrogens is 1080 g/mol. The fourth-order valence-electron chi connectivity index (χ4n) is 13.1. The molecule has 3 heterocycles. The standard InChI is InChI=1S/C70H50O15/c71-40-11-3-34(4-12-40)59-62(52-29-49(80)31-56-66(52)67(53-28-48(79)30-55(82)63(53)59)69(83-56)37-9-17-43(74)18-10-37)51-21-33(2-20-54(51)81)1-19-50-64-57(85-70(39-24-46(77)27-47(78)25-39)60(64)35-5-13-41(72)14-6-35)32-58-65(50)61(38-22-44(75)26-45(76)23-38)68(84-58)36-7-15-42(73)16-8-36/h1-32,59,61-62,67-69,71-82H/b19-1+/t59-,61+,62+,67+,68-,69-/m1/s1. The molecule has 0 amide bonds. The zero-order chi connectivity index (χ0) is 58.7. The van der Waals surface area contributed by atoms with E-state index in [9.17, 15) is 61.3 Å². The summed E-state index contributed by atoms with van der Waals surface area (Å²) in [6.07, 6.45) is 2.05. The molecular formula is C70H50O15. The van der Waals surface area contributed by atoms with Gasteiger partial charge in [0.15, 0.2) is 0 Å². The van der Waals surface area contributed by atoms with Crippen molar-refractivity contribution in [2.24, 2.45) is 0 Å². The monoisotopic (exact) mass is 1130 g/mol. The lowest BCUT2D eigenvalue weighted by Gasteiger charge is -2.31. The molecule has 6 atom stereocenters. The maximum Gasteiger partial charge on any atom is 0.143 e. The second kappa shape index (κ2) is 19.7. The second-order valence-corrected chi connectivity index (χ2v) is 21.8. The molecule has 2 aliphatic heterocycles. The van der Waals surface area contributed by atoms with E-state index in [2.05, 4.69) is 0 Å². The Bertz CT molecular complexity index is 4490. The molecule has 0 unspecified atom stereocenters. The molecule has 420 valence electrons. The van der Waals surface area contributed by atoms with Gasteiger partial charge in [0.05, 0.1) is 11.8 Å². The molecule has 10 aromatic carbocycles. The van der Waals surface area contributed by atoms with Gasteiger partial charge in [-0.15, -0.1) is 0 Å².